The third kappa shape index (κ3) is 3.37. The Bertz CT molecular complexity index is 882. The molecule has 1 aliphatic rings. The van der Waals surface area contributed by atoms with Crippen LogP contribution in [0.3, 0.4) is 0 Å². The van der Waals surface area contributed by atoms with Crippen LogP contribution in [0.4, 0.5) is 0 Å². The molecule has 0 radical (unpaired) electrons. The zero-order chi connectivity index (χ0) is 17.4. The van der Waals surface area contributed by atoms with Crippen LogP contribution in [-0.2, 0) is 13.6 Å². The highest BCUT2D eigenvalue weighted by molar-refractivity contribution is 7.10. The molecule has 0 saturated carbocycles. The molecule has 3 aromatic rings. The van der Waals surface area contributed by atoms with Crippen molar-refractivity contribution in [2.75, 3.05) is 13.1 Å². The molecule has 0 aliphatic carbocycles. The molecule has 0 N–H and O–H groups in total. The molecule has 1 aliphatic heterocycles. The van der Waals surface area contributed by atoms with Gasteiger partial charge in [0.15, 0.2) is 5.82 Å². The van der Waals surface area contributed by atoms with Crippen molar-refractivity contribution in [1.82, 2.24) is 24.4 Å². The number of hydrogen-bond acceptors (Lipinski definition) is 5. The van der Waals surface area contributed by atoms with Crippen molar-refractivity contribution in [1.29, 1.82) is 0 Å². The molecule has 1 saturated heterocycles. The first-order chi connectivity index (χ1) is 12.1. The molecular formula is C19H23N5S. The van der Waals surface area contributed by atoms with Crippen molar-refractivity contribution >= 4 is 11.3 Å². The molecule has 4 heterocycles. The van der Waals surface area contributed by atoms with Crippen molar-refractivity contribution < 1.29 is 0 Å². The third-order valence-electron chi connectivity index (χ3n) is 4.89. The second-order valence-electron chi connectivity index (χ2n) is 6.86. The number of thiophene rings is 1. The number of aromatic nitrogens is 4. The van der Waals surface area contributed by atoms with Gasteiger partial charge >= 0.3 is 0 Å². The van der Waals surface area contributed by atoms with Gasteiger partial charge in [-0.15, -0.1) is 11.3 Å². The Balaban J connectivity index is 1.54. The fourth-order valence-corrected chi connectivity index (χ4v) is 4.40. The predicted octanol–water partition coefficient (Wildman–Crippen LogP) is 3.54. The van der Waals surface area contributed by atoms with Gasteiger partial charge in [0.25, 0.3) is 0 Å². The highest BCUT2D eigenvalue weighted by Gasteiger charge is 2.27. The van der Waals surface area contributed by atoms with E-state index in [4.69, 9.17) is 9.97 Å². The Morgan fingerprint density at radius 2 is 2.16 bits per heavy atom. The van der Waals surface area contributed by atoms with Gasteiger partial charge in [0, 0.05) is 49.0 Å². The van der Waals surface area contributed by atoms with Gasteiger partial charge in [0.05, 0.1) is 0 Å². The summed E-state index contributed by atoms with van der Waals surface area (Å²) in [6, 6.07) is 4.23. The summed E-state index contributed by atoms with van der Waals surface area (Å²) in [5, 5.41) is 2.18. The van der Waals surface area contributed by atoms with Gasteiger partial charge in [-0.1, -0.05) is 0 Å². The van der Waals surface area contributed by atoms with Crippen molar-refractivity contribution in [3.05, 3.63) is 51.9 Å². The van der Waals surface area contributed by atoms with E-state index in [2.05, 4.69) is 28.3 Å². The summed E-state index contributed by atoms with van der Waals surface area (Å²) in [5.41, 5.74) is 3.33. The predicted molar refractivity (Wildman–Crippen MR) is 101 cm³/mol. The number of aryl methyl sites for hydroxylation is 3. The van der Waals surface area contributed by atoms with Crippen LogP contribution in [0.25, 0.3) is 11.5 Å². The molecule has 1 atom stereocenters. The van der Waals surface area contributed by atoms with E-state index >= 15 is 0 Å². The summed E-state index contributed by atoms with van der Waals surface area (Å²) >= 11 is 1.85. The molecule has 0 bridgehead atoms. The van der Waals surface area contributed by atoms with Gasteiger partial charge in [0.2, 0.25) is 0 Å². The molecule has 0 amide bonds. The van der Waals surface area contributed by atoms with E-state index in [1.165, 1.54) is 10.4 Å². The average Bonchev–Trinajstić information content (AvgIpc) is 3.30. The molecule has 5 nitrogen and oxygen atoms in total. The van der Waals surface area contributed by atoms with E-state index < -0.39 is 0 Å². The maximum atomic E-state index is 4.85. The molecule has 0 aromatic carbocycles. The van der Waals surface area contributed by atoms with Crippen LogP contribution in [-0.4, -0.2) is 37.5 Å². The Hall–Kier alpha value is -2.05. The lowest BCUT2D eigenvalue weighted by Crippen LogP contribution is -2.20. The molecule has 0 spiro atoms. The van der Waals surface area contributed by atoms with Gasteiger partial charge < -0.3 is 4.57 Å². The van der Waals surface area contributed by atoms with Gasteiger partial charge in [0.1, 0.15) is 11.5 Å². The van der Waals surface area contributed by atoms with Crippen LogP contribution in [0.5, 0.6) is 0 Å². The second-order valence-corrected chi connectivity index (χ2v) is 7.86. The fourth-order valence-electron chi connectivity index (χ4n) is 3.46. The van der Waals surface area contributed by atoms with Crippen molar-refractivity contribution in [3.8, 4) is 11.5 Å². The highest BCUT2D eigenvalue weighted by Crippen LogP contribution is 2.29. The second kappa shape index (κ2) is 6.69. The molecule has 1 unspecified atom stereocenters. The summed E-state index contributed by atoms with van der Waals surface area (Å²) in [6.07, 6.45) is 4.88. The molecule has 3 aromatic heterocycles. The minimum Gasteiger partial charge on any atom is -0.333 e. The first-order valence-electron chi connectivity index (χ1n) is 8.69. The van der Waals surface area contributed by atoms with Crippen LogP contribution in [0, 0.1) is 13.8 Å². The topological polar surface area (TPSA) is 46.8 Å². The van der Waals surface area contributed by atoms with Crippen molar-refractivity contribution in [2.24, 2.45) is 7.05 Å². The molecule has 4 rings (SSSR count). The summed E-state index contributed by atoms with van der Waals surface area (Å²) < 4.78 is 2.01. The number of nitrogens with zero attached hydrogens (tertiary/aromatic N) is 5. The SMILES string of the molecule is Cc1cc(-c2nccn2C)nc(C2CCN(Cc3sccc3C)C2)n1. The van der Waals surface area contributed by atoms with E-state index in [-0.39, 0.29) is 0 Å². The van der Waals surface area contributed by atoms with E-state index in [1.807, 2.05) is 48.3 Å². The Morgan fingerprint density at radius 1 is 1.28 bits per heavy atom. The lowest BCUT2D eigenvalue weighted by Gasteiger charge is -2.16. The molecule has 25 heavy (non-hydrogen) atoms. The maximum absolute atomic E-state index is 4.85. The van der Waals surface area contributed by atoms with Crippen LogP contribution >= 0.6 is 11.3 Å². The van der Waals surface area contributed by atoms with Gasteiger partial charge in [-0.3, -0.25) is 4.90 Å². The first-order valence-corrected chi connectivity index (χ1v) is 9.56. The van der Waals surface area contributed by atoms with Gasteiger partial charge in [-0.2, -0.15) is 0 Å². The van der Waals surface area contributed by atoms with E-state index in [1.54, 1.807) is 0 Å². The van der Waals surface area contributed by atoms with Gasteiger partial charge in [-0.25, -0.2) is 15.0 Å². The fraction of sp³-hybridized carbons (Fsp3) is 0.421. The van der Waals surface area contributed by atoms with E-state index in [9.17, 15) is 0 Å². The average molecular weight is 353 g/mol. The summed E-state index contributed by atoms with van der Waals surface area (Å²) in [6.45, 7) is 7.41. The molecule has 6 heteroatoms. The van der Waals surface area contributed by atoms with Crippen LogP contribution in [0.1, 0.15) is 34.3 Å². The normalized spacial score (nSPS) is 18.1. The lowest BCUT2D eigenvalue weighted by molar-refractivity contribution is 0.328. The minimum atomic E-state index is 0.402. The number of likely N-dealkylation sites (tertiary alicyclic amines) is 1. The Kier molecular flexibility index (Phi) is 4.39. The number of rotatable bonds is 4. The summed E-state index contributed by atoms with van der Waals surface area (Å²) in [4.78, 5) is 18.0. The number of hydrogen-bond donors (Lipinski definition) is 0. The van der Waals surface area contributed by atoms with Crippen LogP contribution in [0.2, 0.25) is 0 Å². The van der Waals surface area contributed by atoms with Crippen molar-refractivity contribution in [2.45, 2.75) is 32.7 Å². The van der Waals surface area contributed by atoms with Crippen LogP contribution < -0.4 is 0 Å². The monoisotopic (exact) mass is 353 g/mol. The zero-order valence-corrected chi connectivity index (χ0v) is 15.8. The van der Waals surface area contributed by atoms with E-state index in [0.717, 1.165) is 49.1 Å². The molecule has 1 fully saturated rings. The third-order valence-corrected chi connectivity index (χ3v) is 5.90. The number of imidazole rings is 1. The van der Waals surface area contributed by atoms with Crippen molar-refractivity contribution in [3.63, 3.8) is 0 Å². The largest absolute Gasteiger partial charge is 0.333 e. The Morgan fingerprint density at radius 3 is 2.88 bits per heavy atom. The van der Waals surface area contributed by atoms with Crippen LogP contribution in [0.15, 0.2) is 29.9 Å². The van der Waals surface area contributed by atoms with Gasteiger partial charge in [-0.05, 0) is 49.9 Å². The standard InChI is InChI=1S/C19H23N5S/c1-13-5-9-25-17(13)12-24-7-4-15(11-24)18-21-14(2)10-16(22-18)19-20-6-8-23(19)3/h5-6,8-10,15H,4,7,11-12H2,1-3H3. The zero-order valence-electron chi connectivity index (χ0n) is 14.9. The van der Waals surface area contributed by atoms with E-state index in [0.29, 0.717) is 5.92 Å². The lowest BCUT2D eigenvalue weighted by atomic mass is 10.1. The molecule has 130 valence electrons. The summed E-state index contributed by atoms with van der Waals surface area (Å²) in [7, 11) is 2.00. The smallest absolute Gasteiger partial charge is 0.158 e. The summed E-state index contributed by atoms with van der Waals surface area (Å²) in [5.74, 6) is 2.26. The first kappa shape index (κ1) is 16.4. The molecular weight excluding hydrogens is 330 g/mol. The maximum Gasteiger partial charge on any atom is 0.158 e. The minimum absolute atomic E-state index is 0.402. The highest BCUT2D eigenvalue weighted by atomic mass is 32.1. The quantitative estimate of drug-likeness (QED) is 0.720. The Labute approximate surface area is 152 Å².